The summed E-state index contributed by atoms with van der Waals surface area (Å²) in [7, 11) is 2.03. The van der Waals surface area contributed by atoms with Crippen molar-refractivity contribution in [2.45, 2.75) is 38.4 Å². The first-order valence-corrected chi connectivity index (χ1v) is 8.88. The van der Waals surface area contributed by atoms with Crippen molar-refractivity contribution in [2.24, 2.45) is 7.05 Å². The predicted octanol–water partition coefficient (Wildman–Crippen LogP) is 1.81. The fourth-order valence-corrected chi connectivity index (χ4v) is 3.76. The van der Waals surface area contributed by atoms with E-state index in [1.54, 1.807) is 0 Å². The Morgan fingerprint density at radius 2 is 2.24 bits per heavy atom. The highest BCUT2D eigenvalue weighted by molar-refractivity contribution is 5.82. The van der Waals surface area contributed by atoms with Gasteiger partial charge in [0.15, 0.2) is 0 Å². The van der Waals surface area contributed by atoms with Gasteiger partial charge in [0.05, 0.1) is 30.7 Å². The highest BCUT2D eigenvalue weighted by Crippen LogP contribution is 2.31. The van der Waals surface area contributed by atoms with Crippen LogP contribution in [0.3, 0.4) is 0 Å². The summed E-state index contributed by atoms with van der Waals surface area (Å²) in [5.74, 6) is 0.948. The van der Waals surface area contributed by atoms with Gasteiger partial charge in [0.2, 0.25) is 5.91 Å². The van der Waals surface area contributed by atoms with Gasteiger partial charge in [0.1, 0.15) is 5.75 Å². The molecule has 0 saturated carbocycles. The molecule has 0 saturated heterocycles. The Bertz CT molecular complexity index is 785. The van der Waals surface area contributed by atoms with Crippen LogP contribution in [0.25, 0.3) is 0 Å². The average Bonchev–Trinajstić information content (AvgIpc) is 3.02. The van der Waals surface area contributed by atoms with Crippen LogP contribution in [0, 0.1) is 0 Å². The minimum atomic E-state index is -0.176. The van der Waals surface area contributed by atoms with E-state index in [0.29, 0.717) is 6.61 Å². The van der Waals surface area contributed by atoms with Crippen LogP contribution in [0.15, 0.2) is 30.6 Å². The SMILES string of the molecule is CC(C(=O)NC1CCOc2ccccc21)N1CCc2c(ncn2C)C1. The van der Waals surface area contributed by atoms with Gasteiger partial charge in [-0.1, -0.05) is 18.2 Å². The minimum Gasteiger partial charge on any atom is -0.493 e. The van der Waals surface area contributed by atoms with Gasteiger partial charge in [-0.2, -0.15) is 0 Å². The molecule has 4 rings (SSSR count). The predicted molar refractivity (Wildman–Crippen MR) is 94.2 cm³/mol. The molecule has 6 nitrogen and oxygen atoms in total. The van der Waals surface area contributed by atoms with Crippen LogP contribution < -0.4 is 10.1 Å². The topological polar surface area (TPSA) is 59.4 Å². The summed E-state index contributed by atoms with van der Waals surface area (Å²) >= 11 is 0. The molecular formula is C19H24N4O2. The van der Waals surface area contributed by atoms with E-state index in [-0.39, 0.29) is 18.0 Å². The van der Waals surface area contributed by atoms with Crippen molar-refractivity contribution in [3.63, 3.8) is 0 Å². The Morgan fingerprint density at radius 1 is 1.40 bits per heavy atom. The molecule has 1 aromatic heterocycles. The smallest absolute Gasteiger partial charge is 0.237 e. The zero-order valence-corrected chi connectivity index (χ0v) is 14.7. The molecule has 0 radical (unpaired) electrons. The molecule has 3 heterocycles. The van der Waals surface area contributed by atoms with Gasteiger partial charge in [0, 0.05) is 44.2 Å². The Labute approximate surface area is 147 Å². The van der Waals surface area contributed by atoms with Crippen LogP contribution in [0.5, 0.6) is 5.75 Å². The van der Waals surface area contributed by atoms with E-state index in [1.165, 1.54) is 5.69 Å². The highest BCUT2D eigenvalue weighted by atomic mass is 16.5. The molecule has 1 N–H and O–H groups in total. The molecule has 2 aromatic rings. The van der Waals surface area contributed by atoms with E-state index < -0.39 is 0 Å². The van der Waals surface area contributed by atoms with Crippen molar-refractivity contribution in [3.8, 4) is 5.75 Å². The summed E-state index contributed by atoms with van der Waals surface area (Å²) < 4.78 is 7.76. The number of hydrogen-bond acceptors (Lipinski definition) is 4. The molecule has 0 fully saturated rings. The van der Waals surface area contributed by atoms with Crippen molar-refractivity contribution in [1.29, 1.82) is 0 Å². The largest absolute Gasteiger partial charge is 0.493 e. The van der Waals surface area contributed by atoms with Gasteiger partial charge in [0.25, 0.3) is 0 Å². The summed E-state index contributed by atoms with van der Waals surface area (Å²) in [6.45, 7) is 4.23. The second kappa shape index (κ2) is 6.52. The average molecular weight is 340 g/mol. The Kier molecular flexibility index (Phi) is 4.21. The summed E-state index contributed by atoms with van der Waals surface area (Å²) in [5.41, 5.74) is 3.44. The standard InChI is InChI=1S/C19H24N4O2/c1-13(23-9-7-17-16(11-23)20-12-22(17)2)19(24)21-15-8-10-25-18-6-4-3-5-14(15)18/h3-6,12-13,15H,7-11H2,1-2H3,(H,21,24). The third kappa shape index (κ3) is 3.02. The van der Waals surface area contributed by atoms with Crippen LogP contribution in [-0.4, -0.2) is 39.6 Å². The maximum atomic E-state index is 12.8. The van der Waals surface area contributed by atoms with Gasteiger partial charge < -0.3 is 14.6 Å². The Morgan fingerprint density at radius 3 is 3.12 bits per heavy atom. The molecule has 1 aromatic carbocycles. The number of fused-ring (bicyclic) bond motifs is 2. The second-order valence-electron chi connectivity index (χ2n) is 6.88. The van der Waals surface area contributed by atoms with Crippen molar-refractivity contribution in [1.82, 2.24) is 19.8 Å². The molecule has 2 atom stereocenters. The highest BCUT2D eigenvalue weighted by Gasteiger charge is 2.30. The number of nitrogens with zero attached hydrogens (tertiary/aromatic N) is 3. The lowest BCUT2D eigenvalue weighted by molar-refractivity contribution is -0.127. The molecule has 2 aliphatic heterocycles. The van der Waals surface area contributed by atoms with Gasteiger partial charge >= 0.3 is 0 Å². The van der Waals surface area contributed by atoms with E-state index in [4.69, 9.17) is 4.74 Å². The lowest BCUT2D eigenvalue weighted by atomic mass is 10.00. The van der Waals surface area contributed by atoms with Gasteiger partial charge in [-0.3, -0.25) is 9.69 Å². The van der Waals surface area contributed by atoms with Crippen molar-refractivity contribution < 1.29 is 9.53 Å². The van der Waals surface area contributed by atoms with E-state index in [1.807, 2.05) is 44.6 Å². The molecular weight excluding hydrogens is 316 g/mol. The zero-order valence-electron chi connectivity index (χ0n) is 14.7. The van der Waals surface area contributed by atoms with E-state index in [0.717, 1.165) is 42.9 Å². The van der Waals surface area contributed by atoms with E-state index >= 15 is 0 Å². The maximum absolute atomic E-state index is 12.8. The number of ether oxygens (including phenoxy) is 1. The summed E-state index contributed by atoms with van der Waals surface area (Å²) in [6.07, 6.45) is 3.60. The molecule has 0 bridgehead atoms. The van der Waals surface area contributed by atoms with Crippen molar-refractivity contribution in [3.05, 3.63) is 47.5 Å². The number of nitrogens with one attached hydrogen (secondary N) is 1. The van der Waals surface area contributed by atoms with Gasteiger partial charge in [-0.25, -0.2) is 4.98 Å². The monoisotopic (exact) mass is 340 g/mol. The third-order valence-corrected chi connectivity index (χ3v) is 5.34. The fourth-order valence-electron chi connectivity index (χ4n) is 3.76. The Balaban J connectivity index is 1.44. The zero-order chi connectivity index (χ0) is 17.4. The number of carbonyl (C=O) groups is 1. The molecule has 2 aliphatic rings. The van der Waals surface area contributed by atoms with E-state index in [2.05, 4.69) is 19.8 Å². The number of amides is 1. The molecule has 1 amide bonds. The molecule has 25 heavy (non-hydrogen) atoms. The van der Waals surface area contributed by atoms with Crippen molar-refractivity contribution in [2.75, 3.05) is 13.2 Å². The number of carbonyl (C=O) groups excluding carboxylic acids is 1. The first-order valence-electron chi connectivity index (χ1n) is 8.88. The summed E-state index contributed by atoms with van der Waals surface area (Å²) in [4.78, 5) is 19.5. The Hall–Kier alpha value is -2.34. The van der Waals surface area contributed by atoms with Gasteiger partial charge in [-0.05, 0) is 13.0 Å². The maximum Gasteiger partial charge on any atom is 0.237 e. The number of hydrogen-bond donors (Lipinski definition) is 1. The summed E-state index contributed by atoms with van der Waals surface area (Å²) in [6, 6.07) is 7.79. The first kappa shape index (κ1) is 16.1. The number of imidazole rings is 1. The van der Waals surface area contributed by atoms with Crippen LogP contribution in [0.1, 0.15) is 36.3 Å². The van der Waals surface area contributed by atoms with Crippen LogP contribution in [0.4, 0.5) is 0 Å². The normalized spacial score (nSPS) is 21.0. The number of rotatable bonds is 3. The first-order chi connectivity index (χ1) is 12.1. The molecule has 0 aliphatic carbocycles. The molecule has 6 heteroatoms. The second-order valence-corrected chi connectivity index (χ2v) is 6.88. The number of benzene rings is 1. The molecule has 132 valence electrons. The van der Waals surface area contributed by atoms with Crippen molar-refractivity contribution >= 4 is 5.91 Å². The number of aryl methyl sites for hydroxylation is 1. The van der Waals surface area contributed by atoms with Crippen LogP contribution in [0.2, 0.25) is 0 Å². The quantitative estimate of drug-likeness (QED) is 0.926. The fraction of sp³-hybridized carbons (Fsp3) is 0.474. The molecule has 2 unspecified atom stereocenters. The van der Waals surface area contributed by atoms with Gasteiger partial charge in [-0.15, -0.1) is 0 Å². The lowest BCUT2D eigenvalue weighted by Crippen LogP contribution is -2.48. The molecule has 0 spiro atoms. The number of aromatic nitrogens is 2. The number of para-hydroxylation sites is 1. The van der Waals surface area contributed by atoms with E-state index in [9.17, 15) is 4.79 Å². The third-order valence-electron chi connectivity index (χ3n) is 5.34. The lowest BCUT2D eigenvalue weighted by Gasteiger charge is -2.33. The van der Waals surface area contributed by atoms with Crippen LogP contribution in [-0.2, 0) is 24.8 Å². The summed E-state index contributed by atoms with van der Waals surface area (Å²) in [5, 5.41) is 3.22. The minimum absolute atomic E-state index is 0.0232. The van der Waals surface area contributed by atoms with Crippen LogP contribution >= 0.6 is 0 Å².